The van der Waals surface area contributed by atoms with Crippen LogP contribution in [-0.4, -0.2) is 11.3 Å². The number of hydrogen-bond donors (Lipinski definition) is 1. The Morgan fingerprint density at radius 2 is 1.79 bits per heavy atom. The van der Waals surface area contributed by atoms with Crippen LogP contribution in [0.4, 0.5) is 4.79 Å². The molecule has 2 aromatic rings. The van der Waals surface area contributed by atoms with E-state index in [9.17, 15) is 4.79 Å². The number of thioether (sulfide) groups is 1. The Hall–Kier alpha value is -1.48. The quantitative estimate of drug-likeness (QED) is 0.808. The predicted octanol–water partition coefficient (Wildman–Crippen LogP) is 4.83. The van der Waals surface area contributed by atoms with E-state index in [1.165, 1.54) is 22.5 Å². The van der Waals surface area contributed by atoms with Gasteiger partial charge in [-0.25, -0.2) is 0 Å². The smallest absolute Gasteiger partial charge is 0.284 e. The number of nitrogens with one attached hydrogen (secondary N) is 1. The van der Waals surface area contributed by atoms with Gasteiger partial charge in [-0.15, -0.1) is 0 Å². The maximum absolute atomic E-state index is 11.9. The number of benzene rings is 2. The van der Waals surface area contributed by atoms with Crippen LogP contribution < -0.4 is 5.32 Å². The molecular formula is C16H19NOS. The molecule has 1 amide bonds. The SMILES string of the molecule is CCC(CC)NC(=O)Sc1ccc2ccccc2c1. The second-order valence-electron chi connectivity index (χ2n) is 4.56. The van der Waals surface area contributed by atoms with Crippen LogP contribution in [0.25, 0.3) is 10.8 Å². The summed E-state index contributed by atoms with van der Waals surface area (Å²) in [6, 6.07) is 14.6. The fourth-order valence-corrected chi connectivity index (χ4v) is 2.79. The molecule has 2 aromatic carbocycles. The highest BCUT2D eigenvalue weighted by atomic mass is 32.2. The largest absolute Gasteiger partial charge is 0.344 e. The zero-order valence-electron chi connectivity index (χ0n) is 11.3. The van der Waals surface area contributed by atoms with E-state index >= 15 is 0 Å². The predicted molar refractivity (Wildman–Crippen MR) is 82.7 cm³/mol. The maximum atomic E-state index is 11.9. The van der Waals surface area contributed by atoms with Crippen molar-refractivity contribution in [1.29, 1.82) is 0 Å². The van der Waals surface area contributed by atoms with Crippen molar-refractivity contribution in [1.82, 2.24) is 5.32 Å². The molecule has 0 spiro atoms. The van der Waals surface area contributed by atoms with Gasteiger partial charge in [-0.3, -0.25) is 4.79 Å². The fraction of sp³-hybridized carbons (Fsp3) is 0.312. The minimum absolute atomic E-state index is 0.0315. The third-order valence-electron chi connectivity index (χ3n) is 3.24. The van der Waals surface area contributed by atoms with Crippen molar-refractivity contribution in [3.8, 4) is 0 Å². The Labute approximate surface area is 118 Å². The minimum Gasteiger partial charge on any atom is -0.344 e. The lowest BCUT2D eigenvalue weighted by Crippen LogP contribution is -2.30. The molecule has 2 rings (SSSR count). The van der Waals surface area contributed by atoms with E-state index in [4.69, 9.17) is 0 Å². The lowest BCUT2D eigenvalue weighted by Gasteiger charge is -2.14. The van der Waals surface area contributed by atoms with E-state index in [2.05, 4.69) is 43.4 Å². The number of rotatable bonds is 4. The summed E-state index contributed by atoms with van der Waals surface area (Å²) in [6.07, 6.45) is 1.95. The van der Waals surface area contributed by atoms with Gasteiger partial charge in [0, 0.05) is 10.9 Å². The summed E-state index contributed by atoms with van der Waals surface area (Å²) >= 11 is 1.27. The molecule has 0 aromatic heterocycles. The van der Waals surface area contributed by atoms with Crippen molar-refractivity contribution >= 4 is 27.8 Å². The van der Waals surface area contributed by atoms with Crippen LogP contribution in [0.5, 0.6) is 0 Å². The van der Waals surface area contributed by atoms with Gasteiger partial charge in [0.1, 0.15) is 0 Å². The normalized spacial score (nSPS) is 10.9. The van der Waals surface area contributed by atoms with E-state index in [-0.39, 0.29) is 11.3 Å². The fourth-order valence-electron chi connectivity index (χ4n) is 2.03. The highest BCUT2D eigenvalue weighted by Gasteiger charge is 2.09. The van der Waals surface area contributed by atoms with E-state index in [0.29, 0.717) is 0 Å². The van der Waals surface area contributed by atoms with Crippen molar-refractivity contribution in [2.75, 3.05) is 0 Å². The van der Waals surface area contributed by atoms with Gasteiger partial charge in [-0.05, 0) is 47.5 Å². The zero-order valence-corrected chi connectivity index (χ0v) is 12.2. The Balaban J connectivity index is 2.06. The summed E-state index contributed by atoms with van der Waals surface area (Å²) in [7, 11) is 0. The molecule has 0 unspecified atom stereocenters. The van der Waals surface area contributed by atoms with Crippen molar-refractivity contribution in [2.45, 2.75) is 37.6 Å². The number of carbonyl (C=O) groups is 1. The third-order valence-corrected chi connectivity index (χ3v) is 4.03. The van der Waals surface area contributed by atoms with Crippen LogP contribution in [0.2, 0.25) is 0 Å². The van der Waals surface area contributed by atoms with Crippen LogP contribution >= 0.6 is 11.8 Å². The average Bonchev–Trinajstić information content (AvgIpc) is 2.44. The van der Waals surface area contributed by atoms with Crippen LogP contribution in [-0.2, 0) is 0 Å². The molecule has 0 aliphatic carbocycles. The van der Waals surface area contributed by atoms with E-state index in [0.717, 1.165) is 17.7 Å². The van der Waals surface area contributed by atoms with Crippen molar-refractivity contribution in [3.63, 3.8) is 0 Å². The van der Waals surface area contributed by atoms with Gasteiger partial charge < -0.3 is 5.32 Å². The first-order chi connectivity index (χ1) is 9.22. The highest BCUT2D eigenvalue weighted by molar-refractivity contribution is 8.13. The van der Waals surface area contributed by atoms with Gasteiger partial charge in [0.2, 0.25) is 0 Å². The lowest BCUT2D eigenvalue weighted by atomic mass is 10.1. The molecule has 100 valence electrons. The maximum Gasteiger partial charge on any atom is 0.284 e. The molecule has 2 nitrogen and oxygen atoms in total. The number of amides is 1. The Bertz CT molecular complexity index is 563. The topological polar surface area (TPSA) is 29.1 Å². The molecular weight excluding hydrogens is 254 g/mol. The van der Waals surface area contributed by atoms with Crippen molar-refractivity contribution in [2.24, 2.45) is 0 Å². The molecule has 0 heterocycles. The first kappa shape index (κ1) is 13.9. The molecule has 0 saturated carbocycles. The van der Waals surface area contributed by atoms with Crippen LogP contribution in [0.1, 0.15) is 26.7 Å². The van der Waals surface area contributed by atoms with Gasteiger partial charge in [0.15, 0.2) is 0 Å². The zero-order chi connectivity index (χ0) is 13.7. The van der Waals surface area contributed by atoms with Crippen molar-refractivity contribution in [3.05, 3.63) is 42.5 Å². The van der Waals surface area contributed by atoms with Crippen LogP contribution in [0.15, 0.2) is 47.4 Å². The number of hydrogen-bond acceptors (Lipinski definition) is 2. The number of fused-ring (bicyclic) bond motifs is 1. The first-order valence-electron chi connectivity index (χ1n) is 6.70. The molecule has 0 bridgehead atoms. The second kappa shape index (κ2) is 6.62. The summed E-state index contributed by atoms with van der Waals surface area (Å²) in [4.78, 5) is 12.9. The molecule has 0 aliphatic heterocycles. The molecule has 0 aliphatic rings. The summed E-state index contributed by atoms with van der Waals surface area (Å²) in [5.41, 5.74) is 0. The monoisotopic (exact) mass is 273 g/mol. The van der Waals surface area contributed by atoms with Crippen molar-refractivity contribution < 1.29 is 4.79 Å². The highest BCUT2D eigenvalue weighted by Crippen LogP contribution is 2.24. The van der Waals surface area contributed by atoms with E-state index < -0.39 is 0 Å². The second-order valence-corrected chi connectivity index (χ2v) is 5.60. The van der Waals surface area contributed by atoms with Crippen LogP contribution in [0.3, 0.4) is 0 Å². The lowest BCUT2D eigenvalue weighted by molar-refractivity contribution is 0.256. The Kier molecular flexibility index (Phi) is 4.86. The van der Waals surface area contributed by atoms with Gasteiger partial charge >= 0.3 is 0 Å². The molecule has 3 heteroatoms. The first-order valence-corrected chi connectivity index (χ1v) is 7.51. The molecule has 0 radical (unpaired) electrons. The van der Waals surface area contributed by atoms with Gasteiger partial charge in [0.25, 0.3) is 5.24 Å². The van der Waals surface area contributed by atoms with Crippen LogP contribution in [0, 0.1) is 0 Å². The number of carbonyl (C=O) groups excluding carboxylic acids is 1. The molecule has 0 atom stereocenters. The molecule has 1 N–H and O–H groups in total. The van der Waals surface area contributed by atoms with E-state index in [1.54, 1.807) is 0 Å². The van der Waals surface area contributed by atoms with Gasteiger partial charge in [0.05, 0.1) is 0 Å². The van der Waals surface area contributed by atoms with E-state index in [1.807, 2.05) is 18.2 Å². The molecule has 0 fully saturated rings. The summed E-state index contributed by atoms with van der Waals surface area (Å²) in [5.74, 6) is 0. The summed E-state index contributed by atoms with van der Waals surface area (Å²) in [5, 5.41) is 5.44. The average molecular weight is 273 g/mol. The Morgan fingerprint density at radius 1 is 1.11 bits per heavy atom. The Morgan fingerprint density at radius 3 is 2.47 bits per heavy atom. The summed E-state index contributed by atoms with van der Waals surface area (Å²) < 4.78 is 0. The molecule has 19 heavy (non-hydrogen) atoms. The third kappa shape index (κ3) is 3.74. The van der Waals surface area contributed by atoms with Gasteiger partial charge in [-0.2, -0.15) is 0 Å². The molecule has 0 saturated heterocycles. The van der Waals surface area contributed by atoms with Gasteiger partial charge in [-0.1, -0.05) is 44.2 Å². The minimum atomic E-state index is 0.0315. The summed E-state index contributed by atoms with van der Waals surface area (Å²) in [6.45, 7) is 4.18. The standard InChI is InChI=1S/C16H19NOS/c1-3-14(4-2)17-16(18)19-15-10-9-12-7-5-6-8-13(12)11-15/h5-11,14H,3-4H2,1-2H3,(H,17,18).